The molecule has 1 saturated heterocycles. The number of anilines is 1. The molecule has 0 aliphatic carbocycles. The van der Waals surface area contributed by atoms with Gasteiger partial charge in [-0.05, 0) is 73.7 Å². The second-order valence-corrected chi connectivity index (χ2v) is 14.0. The second-order valence-electron chi connectivity index (χ2n) is 11.1. The second kappa shape index (κ2) is 14.1. The standard InChI is InChI=1S/C33H36N6O5S2/c1-44-29-14-6-5-13-28(29)39-30(35-36-33(39)45-23-31(40)38-21-9-11-24-10-3-4-12-27(24)38)22-34-32(41)25-15-17-26(18-16-25)46(42,43)37-19-7-2-8-20-37/h3-6,10,12-18H,2,7-9,11,19-23H2,1H3,(H,34,41). The first-order valence-electron chi connectivity index (χ1n) is 15.3. The molecule has 4 aromatic rings. The summed E-state index contributed by atoms with van der Waals surface area (Å²) in [6.07, 6.45) is 4.59. The third-order valence-electron chi connectivity index (χ3n) is 8.24. The molecular formula is C33H36N6O5S2. The number of aryl methyl sites for hydroxylation is 1. The molecule has 240 valence electrons. The Balaban J connectivity index is 1.18. The zero-order valence-corrected chi connectivity index (χ0v) is 27.2. The molecule has 0 unspecified atom stereocenters. The minimum Gasteiger partial charge on any atom is -0.495 e. The van der Waals surface area contributed by atoms with Gasteiger partial charge in [0.2, 0.25) is 15.9 Å². The van der Waals surface area contributed by atoms with E-state index in [2.05, 4.69) is 21.6 Å². The van der Waals surface area contributed by atoms with Gasteiger partial charge in [-0.2, -0.15) is 4.31 Å². The molecule has 3 aromatic carbocycles. The van der Waals surface area contributed by atoms with Crippen LogP contribution in [0.5, 0.6) is 5.75 Å². The number of thioether (sulfide) groups is 1. The smallest absolute Gasteiger partial charge is 0.251 e. The fourth-order valence-corrected chi connectivity index (χ4v) is 8.21. The van der Waals surface area contributed by atoms with Crippen LogP contribution in [0.4, 0.5) is 5.69 Å². The van der Waals surface area contributed by atoms with Crippen LogP contribution in [0.1, 0.15) is 47.4 Å². The molecule has 2 aliphatic rings. The van der Waals surface area contributed by atoms with E-state index in [0.717, 1.165) is 37.8 Å². The highest BCUT2D eigenvalue weighted by atomic mass is 32.2. The Bertz CT molecular complexity index is 1820. The molecule has 0 saturated carbocycles. The molecule has 1 fully saturated rings. The number of nitrogens with zero attached hydrogens (tertiary/aromatic N) is 5. The van der Waals surface area contributed by atoms with Crippen LogP contribution in [-0.4, -0.2) is 71.8 Å². The van der Waals surface area contributed by atoms with Crippen LogP contribution in [0.2, 0.25) is 0 Å². The third kappa shape index (κ3) is 6.67. The van der Waals surface area contributed by atoms with Crippen molar-refractivity contribution in [3.63, 3.8) is 0 Å². The van der Waals surface area contributed by atoms with Gasteiger partial charge in [-0.3, -0.25) is 14.2 Å². The minimum absolute atomic E-state index is 0.0210. The van der Waals surface area contributed by atoms with E-state index in [-0.39, 0.29) is 29.0 Å². The van der Waals surface area contributed by atoms with Crippen molar-refractivity contribution in [1.82, 2.24) is 24.4 Å². The summed E-state index contributed by atoms with van der Waals surface area (Å²) >= 11 is 1.27. The normalized spacial score (nSPS) is 15.3. The van der Waals surface area contributed by atoms with Crippen molar-refractivity contribution in [2.24, 2.45) is 0 Å². The van der Waals surface area contributed by atoms with E-state index in [1.807, 2.05) is 47.4 Å². The van der Waals surface area contributed by atoms with Gasteiger partial charge in [0.05, 0.1) is 30.0 Å². The molecule has 1 aromatic heterocycles. The number of nitrogens with one attached hydrogen (secondary N) is 1. The molecular weight excluding hydrogens is 625 g/mol. The van der Waals surface area contributed by atoms with Crippen molar-refractivity contribution in [3.8, 4) is 11.4 Å². The molecule has 0 spiro atoms. The van der Waals surface area contributed by atoms with Gasteiger partial charge in [0.25, 0.3) is 5.91 Å². The number of carbonyl (C=O) groups excluding carboxylic acids is 2. The van der Waals surface area contributed by atoms with E-state index in [1.54, 1.807) is 11.7 Å². The highest BCUT2D eigenvalue weighted by Gasteiger charge is 2.27. The highest BCUT2D eigenvalue weighted by Crippen LogP contribution is 2.31. The summed E-state index contributed by atoms with van der Waals surface area (Å²) in [5.41, 5.74) is 3.11. The van der Waals surface area contributed by atoms with Crippen LogP contribution in [0.3, 0.4) is 0 Å². The molecule has 46 heavy (non-hydrogen) atoms. The Labute approximate surface area is 273 Å². The number of sulfonamides is 1. The van der Waals surface area contributed by atoms with Crippen molar-refractivity contribution in [3.05, 3.63) is 89.7 Å². The molecule has 0 atom stereocenters. The van der Waals surface area contributed by atoms with Gasteiger partial charge in [-0.1, -0.05) is 48.5 Å². The van der Waals surface area contributed by atoms with Crippen LogP contribution in [0.15, 0.2) is 82.8 Å². The van der Waals surface area contributed by atoms with Crippen LogP contribution in [0, 0.1) is 0 Å². The van der Waals surface area contributed by atoms with Gasteiger partial charge in [-0.15, -0.1) is 10.2 Å². The van der Waals surface area contributed by atoms with E-state index in [0.29, 0.717) is 47.6 Å². The summed E-state index contributed by atoms with van der Waals surface area (Å²) in [4.78, 5) is 28.5. The molecule has 2 aliphatic heterocycles. The summed E-state index contributed by atoms with van der Waals surface area (Å²) in [6.45, 7) is 1.72. The van der Waals surface area contributed by atoms with Gasteiger partial charge in [0.1, 0.15) is 5.75 Å². The van der Waals surface area contributed by atoms with Crippen molar-refractivity contribution >= 4 is 39.3 Å². The number of hydrogen-bond donors (Lipinski definition) is 1. The van der Waals surface area contributed by atoms with Gasteiger partial charge in [0.15, 0.2) is 11.0 Å². The zero-order chi connectivity index (χ0) is 32.1. The quantitative estimate of drug-likeness (QED) is 0.247. The molecule has 13 heteroatoms. The van der Waals surface area contributed by atoms with Crippen molar-refractivity contribution in [2.75, 3.05) is 37.4 Å². The fraction of sp³-hybridized carbons (Fsp3) is 0.333. The van der Waals surface area contributed by atoms with Crippen LogP contribution in [0.25, 0.3) is 5.69 Å². The summed E-state index contributed by atoms with van der Waals surface area (Å²) in [5.74, 6) is 0.775. The van der Waals surface area contributed by atoms with Crippen molar-refractivity contribution in [2.45, 2.75) is 48.7 Å². The first-order valence-corrected chi connectivity index (χ1v) is 17.8. The lowest BCUT2D eigenvalue weighted by Crippen LogP contribution is -2.36. The number of methoxy groups -OCH3 is 1. The van der Waals surface area contributed by atoms with Gasteiger partial charge in [0, 0.05) is 30.9 Å². The molecule has 1 N–H and O–H groups in total. The monoisotopic (exact) mass is 660 g/mol. The number of hydrogen-bond acceptors (Lipinski definition) is 8. The largest absolute Gasteiger partial charge is 0.495 e. The number of amides is 2. The number of rotatable bonds is 10. The Morgan fingerprint density at radius 3 is 2.35 bits per heavy atom. The van der Waals surface area contributed by atoms with E-state index in [1.165, 1.54) is 45.9 Å². The van der Waals surface area contributed by atoms with E-state index in [4.69, 9.17) is 4.74 Å². The number of carbonyl (C=O) groups is 2. The van der Waals surface area contributed by atoms with E-state index in [9.17, 15) is 18.0 Å². The minimum atomic E-state index is -3.59. The number of piperidine rings is 1. The van der Waals surface area contributed by atoms with Crippen molar-refractivity contribution in [1.29, 1.82) is 0 Å². The van der Waals surface area contributed by atoms with Crippen LogP contribution in [-0.2, 0) is 27.8 Å². The topological polar surface area (TPSA) is 127 Å². The molecule has 2 amide bonds. The number of fused-ring (bicyclic) bond motifs is 1. The predicted octanol–water partition coefficient (Wildman–Crippen LogP) is 4.45. The molecule has 0 radical (unpaired) electrons. The fourth-order valence-electron chi connectivity index (χ4n) is 5.86. The first-order chi connectivity index (χ1) is 22.4. The maximum Gasteiger partial charge on any atom is 0.251 e. The van der Waals surface area contributed by atoms with Crippen LogP contribution < -0.4 is 15.0 Å². The maximum absolute atomic E-state index is 13.4. The lowest BCUT2D eigenvalue weighted by molar-refractivity contribution is -0.116. The predicted molar refractivity (Wildman–Crippen MR) is 176 cm³/mol. The Morgan fingerprint density at radius 1 is 0.870 bits per heavy atom. The number of ether oxygens (including phenoxy) is 1. The SMILES string of the molecule is COc1ccccc1-n1c(CNC(=O)c2ccc(S(=O)(=O)N3CCCCC3)cc2)nnc1SCC(=O)N1CCCc2ccccc21. The summed E-state index contributed by atoms with van der Waals surface area (Å²) < 4.78 is 34.9. The van der Waals surface area contributed by atoms with E-state index < -0.39 is 10.0 Å². The molecule has 0 bridgehead atoms. The molecule has 11 nitrogen and oxygen atoms in total. The Hall–Kier alpha value is -4.20. The lowest BCUT2D eigenvalue weighted by atomic mass is 10.0. The average Bonchev–Trinajstić information content (AvgIpc) is 3.52. The summed E-state index contributed by atoms with van der Waals surface area (Å²) in [7, 11) is -2.02. The first kappa shape index (κ1) is 31.8. The number of para-hydroxylation sites is 3. The Morgan fingerprint density at radius 2 is 1.59 bits per heavy atom. The Kier molecular flexibility index (Phi) is 9.71. The maximum atomic E-state index is 13.4. The van der Waals surface area contributed by atoms with Gasteiger partial charge in [-0.25, -0.2) is 8.42 Å². The van der Waals surface area contributed by atoms with Crippen LogP contribution >= 0.6 is 11.8 Å². The molecule has 6 rings (SSSR count). The number of aromatic nitrogens is 3. The highest BCUT2D eigenvalue weighted by molar-refractivity contribution is 7.99. The lowest BCUT2D eigenvalue weighted by Gasteiger charge is -2.29. The summed E-state index contributed by atoms with van der Waals surface area (Å²) in [6, 6.07) is 21.4. The summed E-state index contributed by atoms with van der Waals surface area (Å²) in [5, 5.41) is 12.1. The van der Waals surface area contributed by atoms with Crippen molar-refractivity contribution < 1.29 is 22.7 Å². The van der Waals surface area contributed by atoms with Gasteiger partial charge >= 0.3 is 0 Å². The number of benzene rings is 3. The zero-order valence-electron chi connectivity index (χ0n) is 25.6. The average molecular weight is 661 g/mol. The van der Waals surface area contributed by atoms with E-state index >= 15 is 0 Å². The third-order valence-corrected chi connectivity index (χ3v) is 11.1. The molecule has 3 heterocycles. The van der Waals surface area contributed by atoms with Gasteiger partial charge < -0.3 is 15.0 Å².